The largest absolute Gasteiger partial charge is 0.505 e. The molecule has 0 aromatic heterocycles. The third-order valence-electron chi connectivity index (χ3n) is 5.33. The van der Waals surface area contributed by atoms with Crippen molar-refractivity contribution in [2.75, 3.05) is 6.61 Å². The lowest BCUT2D eigenvalue weighted by atomic mass is 9.81. The maximum absolute atomic E-state index is 10.7. The Kier molecular flexibility index (Phi) is 9.61. The SMILES string of the molecule is CCCCc1cccc(C(CCCOC(=O)O)c2ccccc2)c1CCCC. The zero-order chi connectivity index (χ0) is 20.2. The number of hydrogen-bond acceptors (Lipinski definition) is 2. The third-order valence-corrected chi connectivity index (χ3v) is 5.33. The van der Waals surface area contributed by atoms with Crippen LogP contribution in [0.1, 0.15) is 80.5 Å². The van der Waals surface area contributed by atoms with Crippen LogP contribution in [0, 0.1) is 0 Å². The van der Waals surface area contributed by atoms with Crippen molar-refractivity contribution in [2.24, 2.45) is 0 Å². The monoisotopic (exact) mass is 382 g/mol. The summed E-state index contributed by atoms with van der Waals surface area (Å²) in [4.78, 5) is 10.7. The molecule has 28 heavy (non-hydrogen) atoms. The van der Waals surface area contributed by atoms with Crippen LogP contribution in [0.25, 0.3) is 0 Å². The van der Waals surface area contributed by atoms with E-state index in [0.29, 0.717) is 0 Å². The molecule has 0 amide bonds. The van der Waals surface area contributed by atoms with Crippen LogP contribution in [0.2, 0.25) is 0 Å². The van der Waals surface area contributed by atoms with Crippen LogP contribution in [0.4, 0.5) is 4.79 Å². The van der Waals surface area contributed by atoms with E-state index in [-0.39, 0.29) is 12.5 Å². The van der Waals surface area contributed by atoms with E-state index in [1.807, 2.05) is 6.07 Å². The van der Waals surface area contributed by atoms with Crippen molar-refractivity contribution >= 4 is 6.16 Å². The lowest BCUT2D eigenvalue weighted by Crippen LogP contribution is -2.10. The molecular weight excluding hydrogens is 348 g/mol. The van der Waals surface area contributed by atoms with E-state index < -0.39 is 6.16 Å². The first-order chi connectivity index (χ1) is 13.7. The Morgan fingerprint density at radius 2 is 1.64 bits per heavy atom. The summed E-state index contributed by atoms with van der Waals surface area (Å²) in [5.74, 6) is 0.270. The van der Waals surface area contributed by atoms with Crippen molar-refractivity contribution in [1.29, 1.82) is 0 Å². The van der Waals surface area contributed by atoms with Crippen molar-refractivity contribution in [3.8, 4) is 0 Å². The van der Waals surface area contributed by atoms with E-state index >= 15 is 0 Å². The van der Waals surface area contributed by atoms with Crippen molar-refractivity contribution in [2.45, 2.75) is 71.1 Å². The van der Waals surface area contributed by atoms with E-state index in [9.17, 15) is 4.79 Å². The summed E-state index contributed by atoms with van der Waals surface area (Å²) in [6.07, 6.45) is 7.45. The summed E-state index contributed by atoms with van der Waals surface area (Å²) in [5.41, 5.74) is 5.69. The summed E-state index contributed by atoms with van der Waals surface area (Å²) < 4.78 is 4.75. The van der Waals surface area contributed by atoms with Gasteiger partial charge in [-0.15, -0.1) is 0 Å². The van der Waals surface area contributed by atoms with Crippen molar-refractivity contribution in [3.63, 3.8) is 0 Å². The molecule has 2 aromatic carbocycles. The molecular formula is C25H34O3. The highest BCUT2D eigenvalue weighted by Gasteiger charge is 2.19. The fourth-order valence-corrected chi connectivity index (χ4v) is 3.87. The minimum absolute atomic E-state index is 0.248. The summed E-state index contributed by atoms with van der Waals surface area (Å²) in [5, 5.41) is 8.75. The summed E-state index contributed by atoms with van der Waals surface area (Å²) >= 11 is 0. The van der Waals surface area contributed by atoms with Crippen LogP contribution in [0.15, 0.2) is 48.5 Å². The topological polar surface area (TPSA) is 46.5 Å². The van der Waals surface area contributed by atoms with Crippen LogP contribution < -0.4 is 0 Å². The van der Waals surface area contributed by atoms with Crippen molar-refractivity contribution < 1.29 is 14.6 Å². The maximum atomic E-state index is 10.7. The van der Waals surface area contributed by atoms with E-state index in [0.717, 1.165) is 25.7 Å². The molecule has 0 saturated heterocycles. The van der Waals surface area contributed by atoms with Gasteiger partial charge in [0.2, 0.25) is 0 Å². The average molecular weight is 383 g/mol. The minimum atomic E-state index is -1.19. The number of carboxylic acid groups (broad SMARTS) is 1. The Morgan fingerprint density at radius 1 is 0.929 bits per heavy atom. The predicted molar refractivity (Wildman–Crippen MR) is 115 cm³/mol. The molecule has 3 heteroatoms. The standard InChI is InChI=1S/C25H34O3/c1-3-5-12-20-15-10-17-24(22(20)16-6-4-2)23(18-11-19-28-25(26)27)21-13-8-7-9-14-21/h7-10,13-15,17,23H,3-6,11-12,16,18-19H2,1-2H3,(H,26,27). The zero-order valence-electron chi connectivity index (χ0n) is 17.3. The zero-order valence-corrected chi connectivity index (χ0v) is 17.3. The van der Waals surface area contributed by atoms with Gasteiger partial charge in [-0.05, 0) is 60.8 Å². The number of benzene rings is 2. The van der Waals surface area contributed by atoms with E-state index in [4.69, 9.17) is 9.84 Å². The molecule has 0 aliphatic rings. The second-order valence-corrected chi connectivity index (χ2v) is 7.41. The Hall–Kier alpha value is -2.29. The smallest absolute Gasteiger partial charge is 0.450 e. The van der Waals surface area contributed by atoms with Crippen LogP contribution in [-0.4, -0.2) is 17.9 Å². The van der Waals surface area contributed by atoms with E-state index in [2.05, 4.69) is 56.3 Å². The van der Waals surface area contributed by atoms with Gasteiger partial charge in [-0.2, -0.15) is 0 Å². The quantitative estimate of drug-likeness (QED) is 0.318. The maximum Gasteiger partial charge on any atom is 0.505 e. The van der Waals surface area contributed by atoms with Gasteiger partial charge in [0.25, 0.3) is 0 Å². The highest BCUT2D eigenvalue weighted by Crippen LogP contribution is 2.34. The second kappa shape index (κ2) is 12.2. The highest BCUT2D eigenvalue weighted by molar-refractivity contribution is 5.56. The molecule has 152 valence electrons. The Morgan fingerprint density at radius 3 is 2.32 bits per heavy atom. The van der Waals surface area contributed by atoms with Crippen molar-refractivity contribution in [3.05, 3.63) is 70.8 Å². The summed E-state index contributed by atoms with van der Waals surface area (Å²) in [7, 11) is 0. The normalized spacial score (nSPS) is 11.9. The average Bonchev–Trinajstić information content (AvgIpc) is 2.71. The van der Waals surface area contributed by atoms with Gasteiger partial charge in [-0.3, -0.25) is 0 Å². The van der Waals surface area contributed by atoms with Gasteiger partial charge in [0.15, 0.2) is 0 Å². The van der Waals surface area contributed by atoms with Gasteiger partial charge in [0.1, 0.15) is 0 Å². The molecule has 1 unspecified atom stereocenters. The fraction of sp³-hybridized carbons (Fsp3) is 0.480. The first-order valence-electron chi connectivity index (χ1n) is 10.7. The van der Waals surface area contributed by atoms with Crippen LogP contribution in [0.3, 0.4) is 0 Å². The second-order valence-electron chi connectivity index (χ2n) is 7.41. The van der Waals surface area contributed by atoms with Crippen LogP contribution in [-0.2, 0) is 17.6 Å². The molecule has 0 aliphatic carbocycles. The first-order valence-corrected chi connectivity index (χ1v) is 10.7. The molecule has 0 aliphatic heterocycles. The number of rotatable bonds is 12. The lowest BCUT2D eigenvalue weighted by molar-refractivity contribution is 0.0898. The highest BCUT2D eigenvalue weighted by atomic mass is 16.7. The number of hydrogen-bond donors (Lipinski definition) is 1. The Bertz CT molecular complexity index is 709. The van der Waals surface area contributed by atoms with E-state index in [1.165, 1.54) is 47.9 Å². The molecule has 0 fully saturated rings. The molecule has 0 heterocycles. The Balaban J connectivity index is 2.35. The van der Waals surface area contributed by atoms with Gasteiger partial charge in [-0.25, -0.2) is 4.79 Å². The van der Waals surface area contributed by atoms with Gasteiger partial charge in [0.05, 0.1) is 6.61 Å². The molecule has 0 spiro atoms. The molecule has 0 bridgehead atoms. The lowest BCUT2D eigenvalue weighted by Gasteiger charge is -2.24. The summed E-state index contributed by atoms with van der Waals surface area (Å²) in [6, 6.07) is 17.3. The van der Waals surface area contributed by atoms with Crippen molar-refractivity contribution in [1.82, 2.24) is 0 Å². The van der Waals surface area contributed by atoms with Gasteiger partial charge >= 0.3 is 6.16 Å². The number of carbonyl (C=O) groups is 1. The first kappa shape index (κ1) is 22.0. The van der Waals surface area contributed by atoms with Gasteiger partial charge in [0, 0.05) is 5.92 Å². The molecule has 1 N–H and O–H groups in total. The van der Waals surface area contributed by atoms with Gasteiger partial charge < -0.3 is 9.84 Å². The Labute approximate surface area is 169 Å². The molecule has 0 radical (unpaired) electrons. The number of aryl methyl sites for hydroxylation is 1. The number of ether oxygens (including phenoxy) is 1. The van der Waals surface area contributed by atoms with Gasteiger partial charge in [-0.1, -0.05) is 75.2 Å². The van der Waals surface area contributed by atoms with Crippen LogP contribution in [0.5, 0.6) is 0 Å². The minimum Gasteiger partial charge on any atom is -0.450 e. The summed E-state index contributed by atoms with van der Waals surface area (Å²) in [6.45, 7) is 4.73. The molecule has 3 nitrogen and oxygen atoms in total. The molecule has 1 atom stereocenters. The predicted octanol–water partition coefficient (Wildman–Crippen LogP) is 6.98. The fourth-order valence-electron chi connectivity index (χ4n) is 3.87. The number of unbranched alkanes of at least 4 members (excludes halogenated alkanes) is 2. The van der Waals surface area contributed by atoms with Crippen LogP contribution >= 0.6 is 0 Å². The third kappa shape index (κ3) is 6.70. The molecule has 2 rings (SSSR count). The molecule has 2 aromatic rings. The van der Waals surface area contributed by atoms with E-state index in [1.54, 1.807) is 0 Å². The molecule has 0 saturated carbocycles.